The zero-order valence-electron chi connectivity index (χ0n) is 15.1. The molecule has 0 aliphatic rings. The van der Waals surface area contributed by atoms with Crippen LogP contribution in [-0.4, -0.2) is 26.3 Å². The summed E-state index contributed by atoms with van der Waals surface area (Å²) in [4.78, 5) is 4.40. The molecule has 2 aromatic carbocycles. The van der Waals surface area contributed by atoms with E-state index in [0.717, 1.165) is 16.7 Å². The smallest absolute Gasteiger partial charge is 0.161 e. The first-order chi connectivity index (χ1) is 13.1. The molecule has 6 heteroatoms. The summed E-state index contributed by atoms with van der Waals surface area (Å²) in [6.45, 7) is 0. The van der Waals surface area contributed by atoms with E-state index in [9.17, 15) is 5.26 Å². The van der Waals surface area contributed by atoms with Gasteiger partial charge < -0.3 is 14.2 Å². The summed E-state index contributed by atoms with van der Waals surface area (Å²) in [5.74, 6) is 1.86. The Morgan fingerprint density at radius 1 is 1.00 bits per heavy atom. The molecule has 5 nitrogen and oxygen atoms in total. The molecule has 0 unspecified atom stereocenters. The van der Waals surface area contributed by atoms with Gasteiger partial charge in [0, 0.05) is 10.9 Å². The van der Waals surface area contributed by atoms with Crippen molar-refractivity contribution in [1.29, 1.82) is 5.26 Å². The molecular formula is C21H17ClN2O3. The quantitative estimate of drug-likeness (QED) is 0.461. The van der Waals surface area contributed by atoms with Crippen LogP contribution in [0.1, 0.15) is 11.1 Å². The van der Waals surface area contributed by atoms with Gasteiger partial charge in [-0.25, -0.2) is 4.98 Å². The van der Waals surface area contributed by atoms with Gasteiger partial charge in [0.15, 0.2) is 11.5 Å². The zero-order chi connectivity index (χ0) is 19.4. The molecule has 0 aliphatic carbocycles. The molecule has 0 saturated carbocycles. The Balaban J connectivity index is 2.10. The standard InChI is InChI=1S/C21H17ClN2O3/c1-25-17-5-6-18-14(10-17)8-15(21(22)24-18)9-16(12-23)13-4-7-19(26-2)20(11-13)27-3/h4-11H,1-3H3. The van der Waals surface area contributed by atoms with E-state index in [2.05, 4.69) is 11.1 Å². The number of nitrogens with zero attached hydrogens (tertiary/aromatic N) is 2. The molecule has 0 atom stereocenters. The van der Waals surface area contributed by atoms with E-state index in [1.807, 2.05) is 24.3 Å². The van der Waals surface area contributed by atoms with Gasteiger partial charge in [-0.2, -0.15) is 5.26 Å². The van der Waals surface area contributed by atoms with Gasteiger partial charge in [-0.3, -0.25) is 0 Å². The third kappa shape index (κ3) is 3.81. The average molecular weight is 381 g/mol. The molecule has 27 heavy (non-hydrogen) atoms. The van der Waals surface area contributed by atoms with E-state index in [1.165, 1.54) is 0 Å². The van der Waals surface area contributed by atoms with Crippen molar-refractivity contribution in [3.05, 3.63) is 58.7 Å². The van der Waals surface area contributed by atoms with Crippen molar-refractivity contribution >= 4 is 34.2 Å². The number of pyridine rings is 1. The van der Waals surface area contributed by atoms with E-state index in [-0.39, 0.29) is 0 Å². The van der Waals surface area contributed by atoms with Crippen LogP contribution in [0.25, 0.3) is 22.6 Å². The first-order valence-electron chi connectivity index (χ1n) is 8.08. The van der Waals surface area contributed by atoms with Gasteiger partial charge in [0.25, 0.3) is 0 Å². The van der Waals surface area contributed by atoms with Crippen LogP contribution in [-0.2, 0) is 0 Å². The number of hydrogen-bond acceptors (Lipinski definition) is 5. The first-order valence-corrected chi connectivity index (χ1v) is 8.46. The molecule has 1 heterocycles. The Morgan fingerprint density at radius 2 is 1.78 bits per heavy atom. The molecule has 0 bridgehead atoms. The summed E-state index contributed by atoms with van der Waals surface area (Å²) in [7, 11) is 4.72. The van der Waals surface area contributed by atoms with Gasteiger partial charge in [-0.05, 0) is 54.1 Å². The van der Waals surface area contributed by atoms with Gasteiger partial charge in [0.2, 0.25) is 0 Å². The second-order valence-corrected chi connectivity index (χ2v) is 6.02. The van der Waals surface area contributed by atoms with Crippen molar-refractivity contribution in [3.8, 4) is 23.3 Å². The monoisotopic (exact) mass is 380 g/mol. The number of halogens is 1. The van der Waals surface area contributed by atoms with Crippen molar-refractivity contribution in [2.45, 2.75) is 0 Å². The third-order valence-electron chi connectivity index (χ3n) is 4.12. The van der Waals surface area contributed by atoms with Crippen LogP contribution in [0.3, 0.4) is 0 Å². The van der Waals surface area contributed by atoms with Gasteiger partial charge >= 0.3 is 0 Å². The van der Waals surface area contributed by atoms with Crippen LogP contribution in [0.4, 0.5) is 0 Å². The van der Waals surface area contributed by atoms with Crippen molar-refractivity contribution in [3.63, 3.8) is 0 Å². The molecule has 0 fully saturated rings. The lowest BCUT2D eigenvalue weighted by molar-refractivity contribution is 0.355. The van der Waals surface area contributed by atoms with Gasteiger partial charge in [-0.15, -0.1) is 0 Å². The largest absolute Gasteiger partial charge is 0.497 e. The Hall–Kier alpha value is -3.23. The second-order valence-electron chi connectivity index (χ2n) is 5.67. The molecule has 3 aromatic rings. The maximum absolute atomic E-state index is 9.64. The highest BCUT2D eigenvalue weighted by Gasteiger charge is 2.10. The molecule has 3 rings (SSSR count). The molecular weight excluding hydrogens is 364 g/mol. The normalized spacial score (nSPS) is 11.1. The zero-order valence-corrected chi connectivity index (χ0v) is 15.9. The van der Waals surface area contributed by atoms with Crippen molar-refractivity contribution in [2.75, 3.05) is 21.3 Å². The number of fused-ring (bicyclic) bond motifs is 1. The first kappa shape index (κ1) is 18.6. The van der Waals surface area contributed by atoms with Gasteiger partial charge in [0.05, 0.1) is 38.5 Å². The van der Waals surface area contributed by atoms with Crippen LogP contribution in [0.15, 0.2) is 42.5 Å². The summed E-state index contributed by atoms with van der Waals surface area (Å²) in [5.41, 5.74) is 2.52. The lowest BCUT2D eigenvalue weighted by atomic mass is 10.0. The van der Waals surface area contributed by atoms with Gasteiger partial charge in [-0.1, -0.05) is 11.6 Å². The Bertz CT molecular complexity index is 1070. The van der Waals surface area contributed by atoms with E-state index in [1.54, 1.807) is 45.6 Å². The summed E-state index contributed by atoms with van der Waals surface area (Å²) >= 11 is 6.33. The third-order valence-corrected chi connectivity index (χ3v) is 4.42. The fraction of sp³-hybridized carbons (Fsp3) is 0.143. The average Bonchev–Trinajstić information content (AvgIpc) is 2.71. The molecule has 136 valence electrons. The lowest BCUT2D eigenvalue weighted by Gasteiger charge is -2.09. The maximum Gasteiger partial charge on any atom is 0.161 e. The minimum absolute atomic E-state index is 0.320. The SMILES string of the molecule is COc1ccc2nc(Cl)c(C=C(C#N)c3ccc(OC)c(OC)c3)cc2c1. The van der Waals surface area contributed by atoms with Crippen molar-refractivity contribution in [1.82, 2.24) is 4.98 Å². The predicted octanol–water partition coefficient (Wildman–Crippen LogP) is 4.98. The van der Waals surface area contributed by atoms with Crippen LogP contribution in [0.2, 0.25) is 5.15 Å². The van der Waals surface area contributed by atoms with Crippen LogP contribution in [0, 0.1) is 11.3 Å². The fourth-order valence-corrected chi connectivity index (χ4v) is 2.92. The lowest BCUT2D eigenvalue weighted by Crippen LogP contribution is -1.92. The highest BCUT2D eigenvalue weighted by Crippen LogP contribution is 2.32. The minimum Gasteiger partial charge on any atom is -0.497 e. The summed E-state index contributed by atoms with van der Waals surface area (Å²) < 4.78 is 15.8. The number of hydrogen-bond donors (Lipinski definition) is 0. The molecule has 0 N–H and O–H groups in total. The van der Waals surface area contributed by atoms with Crippen LogP contribution >= 0.6 is 11.6 Å². The second kappa shape index (κ2) is 7.98. The number of methoxy groups -OCH3 is 3. The summed E-state index contributed by atoms with van der Waals surface area (Å²) in [5, 5.41) is 10.8. The highest BCUT2D eigenvalue weighted by atomic mass is 35.5. The van der Waals surface area contributed by atoms with E-state index in [4.69, 9.17) is 25.8 Å². The number of allylic oxidation sites excluding steroid dienone is 1. The van der Waals surface area contributed by atoms with Gasteiger partial charge in [0.1, 0.15) is 10.9 Å². The minimum atomic E-state index is 0.320. The van der Waals surface area contributed by atoms with E-state index >= 15 is 0 Å². The summed E-state index contributed by atoms with van der Waals surface area (Å²) in [6, 6.07) is 14.9. The fourth-order valence-electron chi connectivity index (χ4n) is 2.72. The topological polar surface area (TPSA) is 64.4 Å². The van der Waals surface area contributed by atoms with E-state index < -0.39 is 0 Å². The Morgan fingerprint density at radius 3 is 2.44 bits per heavy atom. The van der Waals surface area contributed by atoms with E-state index in [0.29, 0.717) is 33.4 Å². The molecule has 0 amide bonds. The number of benzene rings is 2. The Kier molecular flexibility index (Phi) is 5.49. The highest BCUT2D eigenvalue weighted by molar-refractivity contribution is 6.31. The molecule has 0 aliphatic heterocycles. The number of aromatic nitrogens is 1. The molecule has 0 radical (unpaired) electrons. The molecule has 1 aromatic heterocycles. The maximum atomic E-state index is 9.64. The van der Waals surface area contributed by atoms with Crippen molar-refractivity contribution < 1.29 is 14.2 Å². The van der Waals surface area contributed by atoms with Crippen LogP contribution < -0.4 is 14.2 Å². The predicted molar refractivity (Wildman–Crippen MR) is 106 cm³/mol. The Labute approximate surface area is 162 Å². The molecule has 0 saturated heterocycles. The summed E-state index contributed by atoms with van der Waals surface area (Å²) in [6.07, 6.45) is 1.70. The number of nitriles is 1. The van der Waals surface area contributed by atoms with Crippen LogP contribution in [0.5, 0.6) is 17.2 Å². The number of ether oxygens (including phenoxy) is 3. The molecule has 0 spiro atoms. The van der Waals surface area contributed by atoms with Crippen molar-refractivity contribution in [2.24, 2.45) is 0 Å². The number of rotatable bonds is 5.